The van der Waals surface area contributed by atoms with Crippen molar-refractivity contribution in [2.24, 2.45) is 0 Å². The van der Waals surface area contributed by atoms with E-state index in [1.165, 1.54) is 16.7 Å². The number of hydrogen-bond acceptors (Lipinski definition) is 4. The fraction of sp³-hybridized carbons (Fsp3) is 0.250. The first kappa shape index (κ1) is 20.5. The zero-order valence-electron chi connectivity index (χ0n) is 15.6. The summed E-state index contributed by atoms with van der Waals surface area (Å²) >= 11 is 1.28. The normalized spacial score (nSPS) is 10.2. The van der Waals surface area contributed by atoms with Crippen molar-refractivity contribution in [1.29, 1.82) is 0 Å². The summed E-state index contributed by atoms with van der Waals surface area (Å²) in [6.07, 6.45) is 0.892. The van der Waals surface area contributed by atoms with Gasteiger partial charge >= 0.3 is 0 Å². The molecule has 0 heterocycles. The lowest BCUT2D eigenvalue weighted by molar-refractivity contribution is -0.125. The number of carbonyl (C=O) groups excluding carboxylic acids is 3. The molecule has 0 unspecified atom stereocenters. The van der Waals surface area contributed by atoms with Crippen molar-refractivity contribution in [3.8, 4) is 0 Å². The van der Waals surface area contributed by atoms with Crippen LogP contribution in [0.4, 0.5) is 0 Å². The number of nitrogens with zero attached hydrogens (tertiary/aromatic N) is 1. The molecule has 27 heavy (non-hydrogen) atoms. The molecule has 2 aromatic rings. The van der Waals surface area contributed by atoms with Crippen LogP contribution in [0, 0.1) is 0 Å². The first-order chi connectivity index (χ1) is 12.9. The van der Waals surface area contributed by atoms with Crippen molar-refractivity contribution in [2.45, 2.75) is 18.2 Å². The Morgan fingerprint density at radius 1 is 0.926 bits per heavy atom. The highest BCUT2D eigenvalue weighted by Crippen LogP contribution is 2.22. The quantitative estimate of drug-likeness (QED) is 0.592. The maximum absolute atomic E-state index is 12.4. The summed E-state index contributed by atoms with van der Waals surface area (Å²) in [6.45, 7) is 2.04. The molecule has 0 saturated carbocycles. The summed E-state index contributed by atoms with van der Waals surface area (Å²) in [6, 6.07) is 14.2. The van der Waals surface area contributed by atoms with Crippen molar-refractivity contribution in [3.05, 3.63) is 65.2 Å². The lowest BCUT2D eigenvalue weighted by Crippen LogP contribution is -2.41. The molecule has 0 fully saturated rings. The molecule has 0 aliphatic rings. The number of nitrogens with one attached hydrogen (secondary N) is 2. The molecule has 7 heteroatoms. The van der Waals surface area contributed by atoms with Gasteiger partial charge in [0.25, 0.3) is 11.8 Å². The SMILES string of the molecule is CCc1ccc(C(=O)NNC(=O)c2ccccc2SCC(=O)N(C)C)cc1. The Morgan fingerprint density at radius 2 is 1.56 bits per heavy atom. The lowest BCUT2D eigenvalue weighted by Gasteiger charge is -2.12. The molecule has 0 spiro atoms. The van der Waals surface area contributed by atoms with Gasteiger partial charge in [0.1, 0.15) is 0 Å². The van der Waals surface area contributed by atoms with Gasteiger partial charge in [0.05, 0.1) is 11.3 Å². The predicted molar refractivity (Wildman–Crippen MR) is 107 cm³/mol. The molecule has 0 atom stereocenters. The summed E-state index contributed by atoms with van der Waals surface area (Å²) in [7, 11) is 3.37. The standard InChI is InChI=1S/C20H23N3O3S/c1-4-14-9-11-15(12-10-14)19(25)21-22-20(26)16-7-5-6-8-17(16)27-13-18(24)23(2)3/h5-12H,4,13H2,1-3H3,(H,21,25)(H,22,26). The minimum atomic E-state index is -0.436. The first-order valence-electron chi connectivity index (χ1n) is 8.54. The van der Waals surface area contributed by atoms with Crippen molar-refractivity contribution < 1.29 is 14.4 Å². The van der Waals surface area contributed by atoms with Gasteiger partial charge in [-0.3, -0.25) is 25.2 Å². The largest absolute Gasteiger partial charge is 0.348 e. The van der Waals surface area contributed by atoms with Crippen LogP contribution in [0.15, 0.2) is 53.4 Å². The summed E-state index contributed by atoms with van der Waals surface area (Å²) in [5.74, 6) is -0.639. The van der Waals surface area contributed by atoms with Gasteiger partial charge in [0.15, 0.2) is 0 Å². The van der Waals surface area contributed by atoms with Gasteiger partial charge in [-0.1, -0.05) is 31.2 Å². The van der Waals surface area contributed by atoms with Crippen LogP contribution in [0.1, 0.15) is 33.2 Å². The second-order valence-electron chi connectivity index (χ2n) is 6.03. The molecule has 142 valence electrons. The van der Waals surface area contributed by atoms with E-state index in [2.05, 4.69) is 10.9 Å². The molecule has 0 aromatic heterocycles. The van der Waals surface area contributed by atoms with Gasteiger partial charge in [-0.05, 0) is 36.2 Å². The van der Waals surface area contributed by atoms with Crippen molar-refractivity contribution in [3.63, 3.8) is 0 Å². The van der Waals surface area contributed by atoms with Crippen LogP contribution < -0.4 is 10.9 Å². The molecule has 2 aromatic carbocycles. The van der Waals surface area contributed by atoms with Crippen LogP contribution in [0.5, 0.6) is 0 Å². The third kappa shape index (κ3) is 5.86. The fourth-order valence-corrected chi connectivity index (χ4v) is 3.22. The van der Waals surface area contributed by atoms with Crippen LogP contribution in [0.3, 0.4) is 0 Å². The number of amides is 3. The molecule has 0 bridgehead atoms. The van der Waals surface area contributed by atoms with E-state index in [0.29, 0.717) is 16.0 Å². The van der Waals surface area contributed by atoms with E-state index in [9.17, 15) is 14.4 Å². The number of hydrazine groups is 1. The molecule has 0 saturated heterocycles. The average Bonchev–Trinajstić information content (AvgIpc) is 2.70. The Kier molecular flexibility index (Phi) is 7.43. The topological polar surface area (TPSA) is 78.5 Å². The second kappa shape index (κ2) is 9.78. The van der Waals surface area contributed by atoms with Crippen LogP contribution in [0.25, 0.3) is 0 Å². The highest BCUT2D eigenvalue weighted by Gasteiger charge is 2.14. The Morgan fingerprint density at radius 3 is 2.19 bits per heavy atom. The number of thioether (sulfide) groups is 1. The second-order valence-corrected chi connectivity index (χ2v) is 7.05. The van der Waals surface area contributed by atoms with Crippen LogP contribution in [-0.2, 0) is 11.2 Å². The maximum atomic E-state index is 12.4. The van der Waals surface area contributed by atoms with Crippen LogP contribution >= 0.6 is 11.8 Å². The van der Waals surface area contributed by atoms with Gasteiger partial charge in [-0.25, -0.2) is 0 Å². The van der Waals surface area contributed by atoms with E-state index < -0.39 is 5.91 Å². The van der Waals surface area contributed by atoms with E-state index in [4.69, 9.17) is 0 Å². The Bertz CT molecular complexity index is 819. The smallest absolute Gasteiger partial charge is 0.270 e. The molecule has 0 aliphatic carbocycles. The Balaban J connectivity index is 1.99. The zero-order valence-corrected chi connectivity index (χ0v) is 16.4. The van der Waals surface area contributed by atoms with Gasteiger partial charge in [0, 0.05) is 24.6 Å². The van der Waals surface area contributed by atoms with Gasteiger partial charge < -0.3 is 4.90 Å². The monoisotopic (exact) mass is 385 g/mol. The molecular weight excluding hydrogens is 362 g/mol. The van der Waals surface area contributed by atoms with Gasteiger partial charge in [-0.2, -0.15) is 0 Å². The summed E-state index contributed by atoms with van der Waals surface area (Å²) in [4.78, 5) is 38.6. The molecule has 6 nitrogen and oxygen atoms in total. The van der Waals surface area contributed by atoms with E-state index in [1.807, 2.05) is 19.1 Å². The number of rotatable bonds is 6. The summed E-state index contributed by atoms with van der Waals surface area (Å²) in [5, 5.41) is 0. The highest BCUT2D eigenvalue weighted by molar-refractivity contribution is 8.00. The molecule has 2 rings (SSSR count). The highest BCUT2D eigenvalue weighted by atomic mass is 32.2. The van der Waals surface area contributed by atoms with Crippen molar-refractivity contribution >= 4 is 29.5 Å². The number of carbonyl (C=O) groups is 3. The minimum absolute atomic E-state index is 0.0426. The molecular formula is C20H23N3O3S. The van der Waals surface area contributed by atoms with Crippen LogP contribution in [-0.4, -0.2) is 42.5 Å². The third-order valence-electron chi connectivity index (χ3n) is 3.90. The van der Waals surface area contributed by atoms with Crippen molar-refractivity contribution in [2.75, 3.05) is 19.8 Å². The van der Waals surface area contributed by atoms with Gasteiger partial charge in [-0.15, -0.1) is 11.8 Å². The summed E-state index contributed by atoms with van der Waals surface area (Å²) < 4.78 is 0. The Labute approximate surface area is 163 Å². The molecule has 0 radical (unpaired) electrons. The first-order valence-corrected chi connectivity index (χ1v) is 9.52. The fourth-order valence-electron chi connectivity index (χ4n) is 2.19. The summed E-state index contributed by atoms with van der Waals surface area (Å²) in [5.41, 5.74) is 6.85. The van der Waals surface area contributed by atoms with Crippen LogP contribution in [0.2, 0.25) is 0 Å². The maximum Gasteiger partial charge on any atom is 0.270 e. The number of aryl methyl sites for hydroxylation is 1. The Hall–Kier alpha value is -2.80. The zero-order chi connectivity index (χ0) is 19.8. The van der Waals surface area contributed by atoms with E-state index >= 15 is 0 Å². The predicted octanol–water partition coefficient (Wildman–Crippen LogP) is 2.50. The lowest BCUT2D eigenvalue weighted by atomic mass is 10.1. The third-order valence-corrected chi connectivity index (χ3v) is 4.95. The average molecular weight is 385 g/mol. The number of hydrogen-bond donors (Lipinski definition) is 2. The van der Waals surface area contributed by atoms with Gasteiger partial charge in [0.2, 0.25) is 5.91 Å². The molecule has 3 amide bonds. The minimum Gasteiger partial charge on any atom is -0.348 e. The van der Waals surface area contributed by atoms with E-state index in [-0.39, 0.29) is 17.6 Å². The number of benzene rings is 2. The van der Waals surface area contributed by atoms with E-state index in [1.54, 1.807) is 50.5 Å². The van der Waals surface area contributed by atoms with Crippen molar-refractivity contribution in [1.82, 2.24) is 15.8 Å². The molecule has 2 N–H and O–H groups in total. The molecule has 0 aliphatic heterocycles. The van der Waals surface area contributed by atoms with E-state index in [0.717, 1.165) is 12.0 Å².